The van der Waals surface area contributed by atoms with Gasteiger partial charge in [-0.25, -0.2) is 0 Å². The third-order valence-electron chi connectivity index (χ3n) is 5.13. The van der Waals surface area contributed by atoms with Gasteiger partial charge in [0.1, 0.15) is 6.61 Å². The molecule has 0 aliphatic rings. The predicted molar refractivity (Wildman–Crippen MR) is 124 cm³/mol. The number of hydrogen-bond donors (Lipinski definition) is 2. The van der Waals surface area contributed by atoms with Crippen molar-refractivity contribution in [1.82, 2.24) is 10.6 Å². The van der Waals surface area contributed by atoms with Gasteiger partial charge in [0, 0.05) is 12.1 Å². The second kappa shape index (κ2) is 11.0. The number of carbonyl (C=O) groups excluding carboxylic acids is 2. The topological polar surface area (TPSA) is 76.7 Å². The first-order chi connectivity index (χ1) is 15.5. The smallest absolute Gasteiger partial charge is 0.251 e. The molecule has 0 saturated carbocycles. The fourth-order valence-electron chi connectivity index (χ4n) is 3.08. The van der Waals surface area contributed by atoms with Crippen LogP contribution in [0.25, 0.3) is 0 Å². The molecular weight excluding hydrogens is 404 g/mol. The quantitative estimate of drug-likeness (QED) is 0.537. The third kappa shape index (κ3) is 6.35. The van der Waals surface area contributed by atoms with Crippen LogP contribution in [0.5, 0.6) is 11.5 Å². The van der Waals surface area contributed by atoms with Crippen LogP contribution in [0.3, 0.4) is 0 Å². The summed E-state index contributed by atoms with van der Waals surface area (Å²) in [5.41, 5.74) is 4.62. The highest BCUT2D eigenvalue weighted by atomic mass is 16.5. The number of nitrogens with one attached hydrogen (secondary N) is 2. The summed E-state index contributed by atoms with van der Waals surface area (Å²) in [6.07, 6.45) is 0. The number of carbonyl (C=O) groups is 2. The molecule has 166 valence electrons. The zero-order chi connectivity index (χ0) is 22.9. The van der Waals surface area contributed by atoms with E-state index in [9.17, 15) is 9.59 Å². The average molecular weight is 433 g/mol. The van der Waals surface area contributed by atoms with E-state index in [0.717, 1.165) is 22.3 Å². The van der Waals surface area contributed by atoms with Crippen molar-refractivity contribution in [2.24, 2.45) is 0 Å². The number of amides is 2. The monoisotopic (exact) mass is 432 g/mol. The molecule has 0 bridgehead atoms. The molecule has 0 aliphatic heterocycles. The van der Waals surface area contributed by atoms with Crippen LogP contribution in [0.1, 0.15) is 32.6 Å². The van der Waals surface area contributed by atoms with Crippen molar-refractivity contribution in [1.29, 1.82) is 0 Å². The fraction of sp³-hybridized carbons (Fsp3) is 0.231. The molecule has 3 aromatic rings. The SMILES string of the molecule is COc1cc(CNC(=O)CNC(=O)c2ccc(C)c(C)c2)ccc1OCc1ccccc1. The van der Waals surface area contributed by atoms with E-state index in [0.29, 0.717) is 30.2 Å². The molecule has 0 atom stereocenters. The number of hydrogen-bond acceptors (Lipinski definition) is 4. The van der Waals surface area contributed by atoms with Crippen molar-refractivity contribution in [2.75, 3.05) is 13.7 Å². The Hall–Kier alpha value is -3.80. The maximum Gasteiger partial charge on any atom is 0.251 e. The van der Waals surface area contributed by atoms with Crippen LogP contribution in [0.4, 0.5) is 0 Å². The molecule has 0 saturated heterocycles. The molecule has 2 amide bonds. The van der Waals surface area contributed by atoms with Crippen molar-refractivity contribution in [2.45, 2.75) is 27.0 Å². The minimum absolute atomic E-state index is 0.0961. The Labute approximate surface area is 188 Å². The van der Waals surface area contributed by atoms with Gasteiger partial charge in [0.25, 0.3) is 5.91 Å². The lowest BCUT2D eigenvalue weighted by molar-refractivity contribution is -0.120. The van der Waals surface area contributed by atoms with E-state index in [-0.39, 0.29) is 18.4 Å². The van der Waals surface area contributed by atoms with Gasteiger partial charge in [-0.15, -0.1) is 0 Å². The number of benzene rings is 3. The molecule has 2 N–H and O–H groups in total. The van der Waals surface area contributed by atoms with Gasteiger partial charge in [0.15, 0.2) is 11.5 Å². The minimum Gasteiger partial charge on any atom is -0.493 e. The van der Waals surface area contributed by atoms with Crippen LogP contribution in [-0.4, -0.2) is 25.5 Å². The van der Waals surface area contributed by atoms with E-state index in [4.69, 9.17) is 9.47 Å². The molecule has 0 spiro atoms. The minimum atomic E-state index is -0.273. The van der Waals surface area contributed by atoms with Crippen molar-refractivity contribution >= 4 is 11.8 Å². The van der Waals surface area contributed by atoms with Crippen LogP contribution in [-0.2, 0) is 17.9 Å². The van der Waals surface area contributed by atoms with Crippen LogP contribution in [0.15, 0.2) is 66.7 Å². The molecule has 3 rings (SSSR count). The maximum atomic E-state index is 12.3. The Morgan fingerprint density at radius 1 is 0.812 bits per heavy atom. The standard InChI is InChI=1S/C26H28N2O4/c1-18-9-11-22(13-19(18)2)26(30)28-16-25(29)27-15-21-10-12-23(24(14-21)31-3)32-17-20-7-5-4-6-8-20/h4-14H,15-17H2,1-3H3,(H,27,29)(H,28,30). The van der Waals surface area contributed by atoms with Gasteiger partial charge in [-0.3, -0.25) is 9.59 Å². The number of ether oxygens (including phenoxy) is 2. The summed E-state index contributed by atoms with van der Waals surface area (Å²) in [6.45, 7) is 4.59. The van der Waals surface area contributed by atoms with E-state index >= 15 is 0 Å². The highest BCUT2D eigenvalue weighted by Crippen LogP contribution is 2.28. The normalized spacial score (nSPS) is 10.3. The molecule has 0 fully saturated rings. The molecule has 6 heteroatoms. The van der Waals surface area contributed by atoms with Gasteiger partial charge in [-0.1, -0.05) is 42.5 Å². The molecular formula is C26H28N2O4. The Kier molecular flexibility index (Phi) is 7.86. The molecule has 0 heterocycles. The summed E-state index contributed by atoms with van der Waals surface area (Å²) >= 11 is 0. The Morgan fingerprint density at radius 2 is 1.59 bits per heavy atom. The summed E-state index contributed by atoms with van der Waals surface area (Å²) in [4.78, 5) is 24.4. The molecule has 3 aromatic carbocycles. The molecule has 0 unspecified atom stereocenters. The van der Waals surface area contributed by atoms with Gasteiger partial charge in [-0.2, -0.15) is 0 Å². The highest BCUT2D eigenvalue weighted by molar-refractivity contribution is 5.96. The summed E-state index contributed by atoms with van der Waals surface area (Å²) in [5.74, 6) is 0.679. The zero-order valence-electron chi connectivity index (χ0n) is 18.6. The van der Waals surface area contributed by atoms with Crippen molar-refractivity contribution in [3.05, 3.63) is 94.5 Å². The molecule has 0 radical (unpaired) electrons. The first-order valence-corrected chi connectivity index (χ1v) is 10.4. The van der Waals surface area contributed by atoms with E-state index in [1.165, 1.54) is 0 Å². The molecule has 0 aromatic heterocycles. The van der Waals surface area contributed by atoms with Gasteiger partial charge < -0.3 is 20.1 Å². The summed E-state index contributed by atoms with van der Waals surface area (Å²) in [6, 6.07) is 20.9. The lowest BCUT2D eigenvalue weighted by Crippen LogP contribution is -2.36. The Bertz CT molecular complexity index is 1080. The lowest BCUT2D eigenvalue weighted by atomic mass is 10.1. The summed E-state index contributed by atoms with van der Waals surface area (Å²) in [7, 11) is 1.58. The van der Waals surface area contributed by atoms with Crippen LogP contribution < -0.4 is 20.1 Å². The van der Waals surface area contributed by atoms with Crippen molar-refractivity contribution < 1.29 is 19.1 Å². The highest BCUT2D eigenvalue weighted by Gasteiger charge is 2.10. The first kappa shape index (κ1) is 22.9. The van der Waals surface area contributed by atoms with Gasteiger partial charge in [0.05, 0.1) is 13.7 Å². The molecule has 32 heavy (non-hydrogen) atoms. The average Bonchev–Trinajstić information content (AvgIpc) is 2.82. The maximum absolute atomic E-state index is 12.3. The van der Waals surface area contributed by atoms with Gasteiger partial charge in [0.2, 0.25) is 5.91 Å². The van der Waals surface area contributed by atoms with Gasteiger partial charge >= 0.3 is 0 Å². The predicted octanol–water partition coefficient (Wildman–Crippen LogP) is 3.94. The van der Waals surface area contributed by atoms with Crippen LogP contribution in [0, 0.1) is 13.8 Å². The van der Waals surface area contributed by atoms with E-state index in [1.807, 2.05) is 74.5 Å². The number of methoxy groups -OCH3 is 1. The van der Waals surface area contributed by atoms with Gasteiger partial charge in [-0.05, 0) is 60.4 Å². The Morgan fingerprint density at radius 3 is 2.31 bits per heavy atom. The molecule has 6 nitrogen and oxygen atoms in total. The van der Waals surface area contributed by atoms with Crippen LogP contribution >= 0.6 is 0 Å². The van der Waals surface area contributed by atoms with E-state index in [2.05, 4.69) is 10.6 Å². The second-order valence-electron chi connectivity index (χ2n) is 7.52. The van der Waals surface area contributed by atoms with E-state index < -0.39 is 0 Å². The van der Waals surface area contributed by atoms with Crippen LogP contribution in [0.2, 0.25) is 0 Å². The largest absolute Gasteiger partial charge is 0.493 e. The summed E-state index contributed by atoms with van der Waals surface area (Å²) in [5, 5.41) is 5.45. The van der Waals surface area contributed by atoms with E-state index in [1.54, 1.807) is 13.2 Å². The van der Waals surface area contributed by atoms with Crippen molar-refractivity contribution in [3.8, 4) is 11.5 Å². The summed E-state index contributed by atoms with van der Waals surface area (Å²) < 4.78 is 11.3. The zero-order valence-corrected chi connectivity index (χ0v) is 18.6. The lowest BCUT2D eigenvalue weighted by Gasteiger charge is -2.13. The second-order valence-corrected chi connectivity index (χ2v) is 7.52. The fourth-order valence-corrected chi connectivity index (χ4v) is 3.08. The van der Waals surface area contributed by atoms with Crippen molar-refractivity contribution in [3.63, 3.8) is 0 Å². The Balaban J connectivity index is 1.49. The first-order valence-electron chi connectivity index (χ1n) is 10.4. The number of aryl methyl sites for hydroxylation is 2. The number of rotatable bonds is 9. The molecule has 0 aliphatic carbocycles. The third-order valence-corrected chi connectivity index (χ3v) is 5.13.